The average Bonchev–Trinajstić information content (AvgIpc) is 3.32. The van der Waals surface area contributed by atoms with Crippen molar-refractivity contribution >= 4 is 33.2 Å². The Balaban J connectivity index is 1.53. The fourth-order valence-electron chi connectivity index (χ4n) is 5.31. The number of carbonyl (C=O) groups excluding carboxylic acids is 1. The molecular formula is C25H21BrN4O6. The van der Waals surface area contributed by atoms with Crippen LogP contribution >= 0.6 is 15.9 Å². The predicted molar refractivity (Wildman–Crippen MR) is 134 cm³/mol. The third-order valence-corrected chi connectivity index (χ3v) is 7.33. The molecule has 3 aromatic rings. The van der Waals surface area contributed by atoms with E-state index in [-0.39, 0.29) is 17.2 Å². The molecule has 0 saturated carbocycles. The second-order valence-electron chi connectivity index (χ2n) is 8.89. The van der Waals surface area contributed by atoms with Gasteiger partial charge in [0.05, 0.1) is 10.8 Å². The molecule has 1 fully saturated rings. The zero-order valence-electron chi connectivity index (χ0n) is 19.0. The molecule has 0 bridgehead atoms. The molecule has 2 heterocycles. The minimum absolute atomic E-state index is 0.0248. The highest BCUT2D eigenvalue weighted by Gasteiger charge is 2.68. The number of benzene rings is 3. The summed E-state index contributed by atoms with van der Waals surface area (Å²) in [6.07, 6.45) is 0. The van der Waals surface area contributed by atoms with Crippen LogP contribution in [0.25, 0.3) is 0 Å². The fourth-order valence-corrected chi connectivity index (χ4v) is 5.69. The van der Waals surface area contributed by atoms with Crippen molar-refractivity contribution < 1.29 is 19.4 Å². The number of nitrogens with one attached hydrogen (secondary N) is 2. The Hall–Kier alpha value is -3.83. The normalized spacial score (nSPS) is 24.4. The molecule has 3 aromatic carbocycles. The summed E-state index contributed by atoms with van der Waals surface area (Å²) >= 11 is 3.46. The monoisotopic (exact) mass is 552 g/mol. The number of nitro groups is 2. The van der Waals surface area contributed by atoms with Gasteiger partial charge in [0.2, 0.25) is 0 Å². The number of non-ortho nitro benzene ring substituents is 1. The number of halogens is 1. The first kappa shape index (κ1) is 23.9. The quantitative estimate of drug-likeness (QED) is 0.339. The topological polar surface area (TPSA) is 137 Å². The van der Waals surface area contributed by atoms with E-state index in [9.17, 15) is 25.0 Å². The molecule has 11 heteroatoms. The summed E-state index contributed by atoms with van der Waals surface area (Å²) in [7, 11) is 0. The number of carbonyl (C=O) groups is 1. The van der Waals surface area contributed by atoms with E-state index in [4.69, 9.17) is 4.74 Å². The molecule has 0 radical (unpaired) electrons. The van der Waals surface area contributed by atoms with Gasteiger partial charge in [0.25, 0.3) is 17.6 Å². The summed E-state index contributed by atoms with van der Waals surface area (Å²) in [4.78, 5) is 35.9. The zero-order chi connectivity index (χ0) is 25.6. The lowest BCUT2D eigenvalue weighted by Gasteiger charge is -2.26. The molecule has 10 nitrogen and oxygen atoms in total. The van der Waals surface area contributed by atoms with Crippen molar-refractivity contribution in [3.63, 3.8) is 0 Å². The number of nitro benzene ring substituents is 1. The van der Waals surface area contributed by atoms with Crippen molar-refractivity contribution in [3.05, 3.63) is 108 Å². The van der Waals surface area contributed by atoms with Crippen molar-refractivity contribution in [2.45, 2.75) is 37.1 Å². The first-order valence-electron chi connectivity index (χ1n) is 11.2. The second-order valence-corrected chi connectivity index (χ2v) is 9.81. The van der Waals surface area contributed by atoms with Crippen molar-refractivity contribution in [1.29, 1.82) is 0 Å². The number of para-hydroxylation sites is 1. The molecule has 5 rings (SSSR count). The van der Waals surface area contributed by atoms with Crippen LogP contribution < -0.4 is 15.4 Å². The predicted octanol–water partition coefficient (Wildman–Crippen LogP) is 4.50. The molecule has 0 aromatic heterocycles. The molecule has 2 aliphatic rings. The molecule has 0 unspecified atom stereocenters. The minimum Gasteiger partial charge on any atom is -0.489 e. The van der Waals surface area contributed by atoms with Crippen LogP contribution in [-0.4, -0.2) is 27.8 Å². The maximum absolute atomic E-state index is 13.3. The van der Waals surface area contributed by atoms with Gasteiger partial charge in [-0.2, -0.15) is 0 Å². The number of rotatable bonds is 6. The van der Waals surface area contributed by atoms with Crippen molar-refractivity contribution in [1.82, 2.24) is 5.32 Å². The van der Waals surface area contributed by atoms with E-state index in [1.807, 2.05) is 6.92 Å². The van der Waals surface area contributed by atoms with E-state index in [2.05, 4.69) is 26.6 Å². The summed E-state index contributed by atoms with van der Waals surface area (Å²) in [5.41, 5.74) is 0.846. The standard InChI is InChI=1S/C25H21BrN4O6/c1-14-22(23(30(34)35)25(28-14)19-4-2-3-5-20(19)27-24(25)31)18-12-16(26)8-11-21(18)36-13-15-6-9-17(10-7-15)29(32)33/h2-12,14,22-23,28H,13H2,1H3,(H,27,31)/t14-,22-,23+,25-/m0/s1. The highest BCUT2D eigenvalue weighted by Crippen LogP contribution is 2.51. The Morgan fingerprint density at radius 3 is 2.47 bits per heavy atom. The third-order valence-electron chi connectivity index (χ3n) is 6.84. The number of nitrogens with zero attached hydrogens (tertiary/aromatic N) is 2. The fraction of sp³-hybridized carbons (Fsp3) is 0.240. The average molecular weight is 553 g/mol. The van der Waals surface area contributed by atoms with Gasteiger partial charge in [-0.1, -0.05) is 34.1 Å². The van der Waals surface area contributed by atoms with Gasteiger partial charge in [-0.25, -0.2) is 0 Å². The minimum atomic E-state index is -1.53. The van der Waals surface area contributed by atoms with Gasteiger partial charge < -0.3 is 10.1 Å². The molecule has 1 saturated heterocycles. The summed E-state index contributed by atoms with van der Waals surface area (Å²) in [5, 5.41) is 29.6. The van der Waals surface area contributed by atoms with Gasteiger partial charge in [-0.3, -0.25) is 30.3 Å². The van der Waals surface area contributed by atoms with Crippen LogP contribution in [0.5, 0.6) is 5.75 Å². The van der Waals surface area contributed by atoms with Crippen LogP contribution in [0.15, 0.2) is 71.2 Å². The molecule has 36 heavy (non-hydrogen) atoms. The van der Waals surface area contributed by atoms with Gasteiger partial charge in [0.15, 0.2) is 5.54 Å². The van der Waals surface area contributed by atoms with Crippen molar-refractivity contribution in [3.8, 4) is 5.75 Å². The molecule has 4 atom stereocenters. The smallest absolute Gasteiger partial charge is 0.269 e. The van der Waals surface area contributed by atoms with Gasteiger partial charge in [-0.15, -0.1) is 0 Å². The molecule has 184 valence electrons. The lowest BCUT2D eigenvalue weighted by atomic mass is 9.78. The van der Waals surface area contributed by atoms with Crippen LogP contribution in [0.4, 0.5) is 11.4 Å². The van der Waals surface area contributed by atoms with Gasteiger partial charge in [0.1, 0.15) is 12.4 Å². The van der Waals surface area contributed by atoms with E-state index in [1.54, 1.807) is 54.6 Å². The van der Waals surface area contributed by atoms with Gasteiger partial charge >= 0.3 is 0 Å². The summed E-state index contributed by atoms with van der Waals surface area (Å²) in [5.74, 6) is -0.713. The largest absolute Gasteiger partial charge is 0.489 e. The Morgan fingerprint density at radius 1 is 1.06 bits per heavy atom. The van der Waals surface area contributed by atoms with E-state index in [0.717, 1.165) is 0 Å². The summed E-state index contributed by atoms with van der Waals surface area (Å²) in [6, 6.07) is 16.5. The lowest BCUT2D eigenvalue weighted by molar-refractivity contribution is -0.532. The van der Waals surface area contributed by atoms with E-state index in [1.165, 1.54) is 12.1 Å². The highest BCUT2D eigenvalue weighted by atomic mass is 79.9. The summed E-state index contributed by atoms with van der Waals surface area (Å²) in [6.45, 7) is 1.93. The summed E-state index contributed by atoms with van der Waals surface area (Å²) < 4.78 is 6.79. The molecular weight excluding hydrogens is 532 g/mol. The van der Waals surface area contributed by atoms with Crippen molar-refractivity contribution in [2.24, 2.45) is 0 Å². The van der Waals surface area contributed by atoms with E-state index < -0.39 is 34.4 Å². The third kappa shape index (κ3) is 3.80. The number of anilines is 1. The zero-order valence-corrected chi connectivity index (χ0v) is 20.6. The lowest BCUT2D eigenvalue weighted by Crippen LogP contribution is -2.54. The highest BCUT2D eigenvalue weighted by molar-refractivity contribution is 9.10. The Bertz CT molecular complexity index is 1380. The molecule has 2 N–H and O–H groups in total. The number of amides is 1. The maximum atomic E-state index is 13.3. The van der Waals surface area contributed by atoms with Gasteiger partial charge in [0, 0.05) is 44.4 Å². The first-order valence-corrected chi connectivity index (χ1v) is 12.0. The van der Waals surface area contributed by atoms with Crippen molar-refractivity contribution in [2.75, 3.05) is 5.32 Å². The Morgan fingerprint density at radius 2 is 1.78 bits per heavy atom. The SMILES string of the molecule is C[C@@H]1N[C@]2(C(=O)Nc3ccccc32)[C@H]([N+](=O)[O-])[C@@H]1c1cc(Br)ccc1OCc1ccc([N+](=O)[O-])cc1. The van der Waals surface area contributed by atoms with E-state index >= 15 is 0 Å². The van der Waals surface area contributed by atoms with Crippen LogP contribution in [-0.2, 0) is 16.9 Å². The Kier molecular flexibility index (Phi) is 5.97. The van der Waals surface area contributed by atoms with Gasteiger partial charge in [-0.05, 0) is 48.9 Å². The number of fused-ring (bicyclic) bond motifs is 2. The molecule has 2 aliphatic heterocycles. The maximum Gasteiger partial charge on any atom is 0.269 e. The molecule has 1 amide bonds. The first-order chi connectivity index (χ1) is 17.2. The van der Waals surface area contributed by atoms with Crippen LogP contribution in [0.2, 0.25) is 0 Å². The molecule has 0 aliphatic carbocycles. The molecule has 1 spiro atoms. The number of ether oxygens (including phenoxy) is 1. The van der Waals surface area contributed by atoms with E-state index in [0.29, 0.717) is 32.6 Å². The second kappa shape index (κ2) is 8.99. The number of hydrogen-bond donors (Lipinski definition) is 2. The van der Waals surface area contributed by atoms with Crippen LogP contribution in [0.1, 0.15) is 29.5 Å². The Labute approximate surface area is 214 Å². The number of hydrogen-bond acceptors (Lipinski definition) is 7. The van der Waals surface area contributed by atoms with Crippen LogP contribution in [0.3, 0.4) is 0 Å². The van der Waals surface area contributed by atoms with Crippen LogP contribution in [0, 0.1) is 20.2 Å².